The molecule has 0 aliphatic heterocycles. The van der Waals surface area contributed by atoms with E-state index in [9.17, 15) is 9.59 Å². The van der Waals surface area contributed by atoms with Crippen molar-refractivity contribution in [2.45, 2.75) is 38.5 Å². The minimum Gasteiger partial charge on any atom is -0.467 e. The molecule has 0 saturated carbocycles. The molecule has 6 nitrogen and oxygen atoms in total. The van der Waals surface area contributed by atoms with Gasteiger partial charge in [-0.3, -0.25) is 0 Å². The lowest BCUT2D eigenvalue weighted by atomic mass is 10.0. The zero-order chi connectivity index (χ0) is 16.8. The third-order valence-corrected chi connectivity index (χ3v) is 2.75. The normalized spacial score (nSPS) is 14.0. The number of hydrogen-bond donors (Lipinski definition) is 1. The van der Waals surface area contributed by atoms with Gasteiger partial charge in [0.1, 0.15) is 5.60 Å². The van der Waals surface area contributed by atoms with Crippen LogP contribution in [0.2, 0.25) is 0 Å². The highest BCUT2D eigenvalue weighted by Crippen LogP contribution is 2.15. The number of carbonyl (C=O) groups excluding carboxylic acids is 2. The van der Waals surface area contributed by atoms with Gasteiger partial charge in [0.15, 0.2) is 0 Å². The van der Waals surface area contributed by atoms with E-state index in [4.69, 9.17) is 15.2 Å². The molecule has 1 rings (SSSR count). The standard InChI is InChI=1S/C16H23NO5/c1-15(2,3)22-14(19)16(17,13(18)20-4)11-21-10-12-8-6-5-7-9-12/h5-9H,10-11,17H2,1-4H3/t16-/m1/s1. The van der Waals surface area contributed by atoms with Gasteiger partial charge in [0.2, 0.25) is 5.54 Å². The number of rotatable bonds is 6. The average molecular weight is 309 g/mol. The van der Waals surface area contributed by atoms with Gasteiger partial charge >= 0.3 is 11.9 Å². The maximum Gasteiger partial charge on any atom is 0.340 e. The number of ether oxygens (including phenoxy) is 3. The first-order valence-corrected chi connectivity index (χ1v) is 6.91. The molecule has 1 aromatic carbocycles. The van der Waals surface area contributed by atoms with E-state index in [1.807, 2.05) is 30.3 Å². The Labute approximate surface area is 130 Å². The Kier molecular flexibility index (Phi) is 6.08. The van der Waals surface area contributed by atoms with Gasteiger partial charge in [-0.1, -0.05) is 30.3 Å². The van der Waals surface area contributed by atoms with Crippen LogP contribution in [0.25, 0.3) is 0 Å². The molecule has 0 fully saturated rings. The maximum absolute atomic E-state index is 12.2. The van der Waals surface area contributed by atoms with E-state index >= 15 is 0 Å². The third kappa shape index (κ3) is 5.13. The summed E-state index contributed by atoms with van der Waals surface area (Å²) in [6, 6.07) is 9.34. The molecule has 0 aliphatic carbocycles. The van der Waals surface area contributed by atoms with Crippen molar-refractivity contribution in [2.24, 2.45) is 5.73 Å². The van der Waals surface area contributed by atoms with Gasteiger partial charge in [-0.15, -0.1) is 0 Å². The topological polar surface area (TPSA) is 87.9 Å². The van der Waals surface area contributed by atoms with E-state index in [1.165, 1.54) is 0 Å². The molecule has 1 aromatic rings. The molecular formula is C16H23NO5. The number of methoxy groups -OCH3 is 1. The van der Waals surface area contributed by atoms with Gasteiger partial charge in [0.05, 0.1) is 20.3 Å². The van der Waals surface area contributed by atoms with Crippen molar-refractivity contribution in [2.75, 3.05) is 13.7 Å². The Bertz CT molecular complexity index is 509. The molecule has 2 N–H and O–H groups in total. The summed E-state index contributed by atoms with van der Waals surface area (Å²) in [5.74, 6) is -1.77. The second kappa shape index (κ2) is 7.38. The van der Waals surface area contributed by atoms with Crippen molar-refractivity contribution in [3.05, 3.63) is 35.9 Å². The highest BCUT2D eigenvalue weighted by atomic mass is 16.6. The second-order valence-electron chi connectivity index (χ2n) is 5.94. The van der Waals surface area contributed by atoms with Crippen LogP contribution < -0.4 is 5.73 Å². The summed E-state index contributed by atoms with van der Waals surface area (Å²) in [6.07, 6.45) is 0. The Morgan fingerprint density at radius 2 is 1.68 bits per heavy atom. The fourth-order valence-electron chi connectivity index (χ4n) is 1.66. The van der Waals surface area contributed by atoms with Crippen molar-refractivity contribution in [3.63, 3.8) is 0 Å². The van der Waals surface area contributed by atoms with Gasteiger partial charge in [-0.2, -0.15) is 0 Å². The van der Waals surface area contributed by atoms with E-state index in [-0.39, 0.29) is 13.2 Å². The van der Waals surface area contributed by atoms with Crippen molar-refractivity contribution in [1.29, 1.82) is 0 Å². The molecule has 0 amide bonds. The minimum atomic E-state index is -1.99. The molecule has 122 valence electrons. The predicted octanol–water partition coefficient (Wildman–Crippen LogP) is 1.42. The SMILES string of the molecule is COC(=O)[C@](N)(COCc1ccccc1)C(=O)OC(C)(C)C. The number of benzene rings is 1. The summed E-state index contributed by atoms with van der Waals surface area (Å²) < 4.78 is 15.2. The van der Waals surface area contributed by atoms with Crippen LogP contribution in [-0.4, -0.2) is 36.8 Å². The lowest BCUT2D eigenvalue weighted by molar-refractivity contribution is -0.173. The first kappa shape index (κ1) is 18.1. The number of carbonyl (C=O) groups is 2. The number of nitrogens with two attached hydrogens (primary N) is 1. The molecule has 22 heavy (non-hydrogen) atoms. The monoisotopic (exact) mass is 309 g/mol. The van der Waals surface area contributed by atoms with Crippen LogP contribution in [0.1, 0.15) is 26.3 Å². The summed E-state index contributed by atoms with van der Waals surface area (Å²) in [5.41, 5.74) is 4.04. The van der Waals surface area contributed by atoms with E-state index in [1.54, 1.807) is 20.8 Å². The quantitative estimate of drug-likeness (QED) is 0.631. The van der Waals surface area contributed by atoms with Crippen LogP contribution in [0.4, 0.5) is 0 Å². The fourth-order valence-corrected chi connectivity index (χ4v) is 1.66. The zero-order valence-corrected chi connectivity index (χ0v) is 13.4. The second-order valence-corrected chi connectivity index (χ2v) is 5.94. The number of hydrogen-bond acceptors (Lipinski definition) is 6. The maximum atomic E-state index is 12.2. The van der Waals surface area contributed by atoms with Crippen molar-refractivity contribution < 1.29 is 23.8 Å². The van der Waals surface area contributed by atoms with Crippen LogP contribution in [0, 0.1) is 0 Å². The molecule has 0 bridgehead atoms. The Hall–Kier alpha value is -1.92. The fraction of sp³-hybridized carbons (Fsp3) is 0.500. The number of esters is 2. The van der Waals surface area contributed by atoms with Crippen LogP contribution in [0.15, 0.2) is 30.3 Å². The molecule has 6 heteroatoms. The molecule has 0 unspecified atom stereocenters. The van der Waals surface area contributed by atoms with Crippen molar-refractivity contribution in [3.8, 4) is 0 Å². The molecular weight excluding hydrogens is 286 g/mol. The molecule has 0 saturated heterocycles. The van der Waals surface area contributed by atoms with Gasteiger partial charge < -0.3 is 19.9 Å². The summed E-state index contributed by atoms with van der Waals surface area (Å²) >= 11 is 0. The lowest BCUT2D eigenvalue weighted by Gasteiger charge is -2.28. The van der Waals surface area contributed by atoms with Crippen LogP contribution >= 0.6 is 0 Å². The summed E-state index contributed by atoms with van der Waals surface area (Å²) in [7, 11) is 1.16. The Balaban J connectivity index is 2.75. The van der Waals surface area contributed by atoms with Gasteiger partial charge in [0, 0.05) is 0 Å². The largest absolute Gasteiger partial charge is 0.467 e. The molecule has 0 aliphatic rings. The van der Waals surface area contributed by atoms with Gasteiger partial charge in [-0.05, 0) is 26.3 Å². The Morgan fingerprint density at radius 1 is 1.09 bits per heavy atom. The van der Waals surface area contributed by atoms with Crippen LogP contribution in [0.3, 0.4) is 0 Å². The van der Waals surface area contributed by atoms with E-state index < -0.39 is 23.1 Å². The van der Waals surface area contributed by atoms with E-state index in [0.29, 0.717) is 0 Å². The highest BCUT2D eigenvalue weighted by molar-refractivity contribution is 6.05. The molecule has 0 spiro atoms. The van der Waals surface area contributed by atoms with Gasteiger partial charge in [-0.25, -0.2) is 9.59 Å². The van der Waals surface area contributed by atoms with Crippen LogP contribution in [-0.2, 0) is 30.4 Å². The summed E-state index contributed by atoms with van der Waals surface area (Å²) in [6.45, 7) is 4.96. The molecule has 0 radical (unpaired) electrons. The van der Waals surface area contributed by atoms with Gasteiger partial charge in [0.25, 0.3) is 0 Å². The minimum absolute atomic E-state index is 0.222. The average Bonchev–Trinajstić information content (AvgIpc) is 2.45. The van der Waals surface area contributed by atoms with E-state index in [2.05, 4.69) is 4.74 Å². The smallest absolute Gasteiger partial charge is 0.340 e. The Morgan fingerprint density at radius 3 is 2.18 bits per heavy atom. The molecule has 1 atom stereocenters. The first-order valence-electron chi connectivity index (χ1n) is 6.91. The highest BCUT2D eigenvalue weighted by Gasteiger charge is 2.47. The van der Waals surface area contributed by atoms with E-state index in [0.717, 1.165) is 12.7 Å². The third-order valence-electron chi connectivity index (χ3n) is 2.75. The lowest BCUT2D eigenvalue weighted by Crippen LogP contribution is -2.60. The predicted molar refractivity (Wildman–Crippen MR) is 80.9 cm³/mol. The molecule has 0 heterocycles. The summed E-state index contributed by atoms with van der Waals surface area (Å²) in [5, 5.41) is 0. The van der Waals surface area contributed by atoms with Crippen LogP contribution in [0.5, 0.6) is 0 Å². The zero-order valence-electron chi connectivity index (χ0n) is 13.4. The summed E-state index contributed by atoms with van der Waals surface area (Å²) in [4.78, 5) is 24.1. The molecule has 0 aromatic heterocycles. The van der Waals surface area contributed by atoms with Crippen molar-refractivity contribution >= 4 is 11.9 Å². The van der Waals surface area contributed by atoms with Crippen molar-refractivity contribution in [1.82, 2.24) is 0 Å². The first-order chi connectivity index (χ1) is 10.2.